The van der Waals surface area contributed by atoms with Gasteiger partial charge in [0.15, 0.2) is 8.32 Å². The fraction of sp³-hybridized carbons (Fsp3) is 0.760. The van der Waals surface area contributed by atoms with Gasteiger partial charge in [0.1, 0.15) is 0 Å². The summed E-state index contributed by atoms with van der Waals surface area (Å²) in [5, 5.41) is 0. The highest BCUT2D eigenvalue weighted by Gasteiger charge is 2.50. The number of hydrogen-bond donors (Lipinski definition) is 0. The molecule has 0 saturated heterocycles. The second-order valence-corrected chi connectivity index (χ2v) is 14.7. The Kier molecular flexibility index (Phi) is 6.00. The van der Waals surface area contributed by atoms with Gasteiger partial charge in [-0.25, -0.2) is 0 Å². The third-order valence-corrected chi connectivity index (χ3v) is 13.2. The molecule has 152 valence electrons. The Balaban J connectivity index is 2.06. The Morgan fingerprint density at radius 1 is 1.07 bits per heavy atom. The lowest BCUT2D eigenvalue weighted by Crippen LogP contribution is -2.49. The van der Waals surface area contributed by atoms with Gasteiger partial charge in [-0.05, 0) is 91.1 Å². The van der Waals surface area contributed by atoms with Crippen LogP contribution >= 0.6 is 0 Å². The Labute approximate surface area is 169 Å². The average Bonchev–Trinajstić information content (AvgIpc) is 2.92. The van der Waals surface area contributed by atoms with E-state index in [9.17, 15) is 0 Å². The summed E-state index contributed by atoms with van der Waals surface area (Å²) in [6, 6.07) is 3.73. The molecule has 2 heteroatoms. The standard InChI is InChI=1S/C25H42OSi/c1-8-27(9-2,10-3)26-25-15-11-12-20(6)23(25)18-21-13-14-22(19(4)5)24(21,7)16-17-25/h12-13,18-19,22H,8-11,14-17H2,1-7H3/t22-,24+,25?/m1/s1. The first-order valence-electron chi connectivity index (χ1n) is 11.6. The molecule has 3 aliphatic carbocycles. The summed E-state index contributed by atoms with van der Waals surface area (Å²) in [6.45, 7) is 16.8. The first kappa shape index (κ1) is 21.1. The van der Waals surface area contributed by atoms with E-state index in [2.05, 4.69) is 66.7 Å². The predicted octanol–water partition coefficient (Wildman–Crippen LogP) is 7.82. The minimum atomic E-state index is -1.66. The zero-order valence-corrected chi connectivity index (χ0v) is 20.0. The maximum atomic E-state index is 7.38. The van der Waals surface area contributed by atoms with Crippen LogP contribution < -0.4 is 0 Å². The van der Waals surface area contributed by atoms with E-state index in [1.165, 1.54) is 61.4 Å². The van der Waals surface area contributed by atoms with E-state index < -0.39 is 8.32 Å². The van der Waals surface area contributed by atoms with Crippen molar-refractivity contribution in [1.82, 2.24) is 0 Å². The monoisotopic (exact) mass is 386 g/mol. The third-order valence-electron chi connectivity index (χ3n) is 8.48. The maximum Gasteiger partial charge on any atom is 0.193 e. The van der Waals surface area contributed by atoms with Crippen molar-refractivity contribution in [3.05, 3.63) is 34.9 Å². The SMILES string of the molecule is CC[Si](CC)(CC)OC12CCC=C(C)C1=CC1=CC[C@H](C(C)C)[C@@]1(C)CC2. The Hall–Kier alpha value is -0.603. The highest BCUT2D eigenvalue weighted by molar-refractivity contribution is 6.73. The largest absolute Gasteiger partial charge is 0.407 e. The van der Waals surface area contributed by atoms with E-state index in [1.54, 1.807) is 5.57 Å². The van der Waals surface area contributed by atoms with Crippen molar-refractivity contribution in [3.63, 3.8) is 0 Å². The van der Waals surface area contributed by atoms with E-state index in [0.29, 0.717) is 5.41 Å². The van der Waals surface area contributed by atoms with Crippen LogP contribution in [0.3, 0.4) is 0 Å². The first-order valence-corrected chi connectivity index (χ1v) is 14.1. The van der Waals surface area contributed by atoms with Gasteiger partial charge in [0.05, 0.1) is 5.60 Å². The van der Waals surface area contributed by atoms with Crippen molar-refractivity contribution in [1.29, 1.82) is 0 Å². The molecule has 1 nitrogen and oxygen atoms in total. The molecule has 0 aromatic heterocycles. The molecule has 3 atom stereocenters. The molecule has 3 rings (SSSR count). The summed E-state index contributed by atoms with van der Waals surface area (Å²) in [5.74, 6) is 1.52. The molecule has 27 heavy (non-hydrogen) atoms. The molecule has 3 aliphatic rings. The Morgan fingerprint density at radius 3 is 2.33 bits per heavy atom. The summed E-state index contributed by atoms with van der Waals surface area (Å²) < 4.78 is 7.38. The first-order chi connectivity index (χ1) is 12.8. The number of allylic oxidation sites excluding steroid dienone is 4. The summed E-state index contributed by atoms with van der Waals surface area (Å²) in [7, 11) is -1.66. The smallest absolute Gasteiger partial charge is 0.193 e. The van der Waals surface area contributed by atoms with Crippen molar-refractivity contribution in [3.8, 4) is 0 Å². The van der Waals surface area contributed by atoms with E-state index in [4.69, 9.17) is 4.43 Å². The fourth-order valence-corrected chi connectivity index (χ4v) is 9.38. The van der Waals surface area contributed by atoms with Crippen LogP contribution in [0.1, 0.15) is 80.6 Å². The molecule has 0 radical (unpaired) electrons. The van der Waals surface area contributed by atoms with Crippen LogP contribution in [0.25, 0.3) is 0 Å². The predicted molar refractivity (Wildman–Crippen MR) is 120 cm³/mol. The summed E-state index contributed by atoms with van der Waals surface area (Å²) >= 11 is 0. The number of fused-ring (bicyclic) bond motifs is 2. The van der Waals surface area contributed by atoms with Gasteiger partial charge in [0.2, 0.25) is 0 Å². The van der Waals surface area contributed by atoms with Crippen LogP contribution in [-0.4, -0.2) is 13.9 Å². The third kappa shape index (κ3) is 3.46. The highest BCUT2D eigenvalue weighted by Crippen LogP contribution is 2.57. The van der Waals surface area contributed by atoms with E-state index in [1.807, 2.05) is 0 Å². The van der Waals surface area contributed by atoms with Crippen LogP contribution in [0.4, 0.5) is 0 Å². The van der Waals surface area contributed by atoms with Crippen LogP contribution in [0.5, 0.6) is 0 Å². The Morgan fingerprint density at radius 2 is 1.74 bits per heavy atom. The normalized spacial score (nSPS) is 33.8. The van der Waals surface area contributed by atoms with Crippen molar-refractivity contribution in [2.45, 2.75) is 104 Å². The average molecular weight is 387 g/mol. The minimum Gasteiger partial charge on any atom is -0.407 e. The van der Waals surface area contributed by atoms with Crippen LogP contribution in [-0.2, 0) is 4.43 Å². The summed E-state index contributed by atoms with van der Waals surface area (Å²) in [5.41, 5.74) is 4.91. The second kappa shape index (κ2) is 7.67. The molecule has 0 spiro atoms. The van der Waals surface area contributed by atoms with Gasteiger partial charge in [-0.15, -0.1) is 0 Å². The zero-order valence-electron chi connectivity index (χ0n) is 19.0. The van der Waals surface area contributed by atoms with Crippen molar-refractivity contribution >= 4 is 8.32 Å². The molecule has 1 unspecified atom stereocenters. The van der Waals surface area contributed by atoms with Crippen molar-refractivity contribution in [2.24, 2.45) is 17.3 Å². The lowest BCUT2D eigenvalue weighted by atomic mass is 9.67. The van der Waals surface area contributed by atoms with Gasteiger partial charge in [-0.1, -0.05) is 59.8 Å². The molecule has 0 aliphatic heterocycles. The molecule has 0 N–H and O–H groups in total. The van der Waals surface area contributed by atoms with Gasteiger partial charge >= 0.3 is 0 Å². The summed E-state index contributed by atoms with van der Waals surface area (Å²) in [4.78, 5) is 0. The van der Waals surface area contributed by atoms with Gasteiger partial charge in [0, 0.05) is 0 Å². The van der Waals surface area contributed by atoms with E-state index >= 15 is 0 Å². The molecule has 0 bridgehead atoms. The molecular weight excluding hydrogens is 344 g/mol. The van der Waals surface area contributed by atoms with Gasteiger partial charge in [-0.3, -0.25) is 0 Å². The second-order valence-electron chi connectivity index (χ2n) is 9.99. The minimum absolute atomic E-state index is 0.0250. The quantitative estimate of drug-likeness (QED) is 0.423. The van der Waals surface area contributed by atoms with E-state index in [0.717, 1.165) is 11.8 Å². The molecule has 0 amide bonds. The van der Waals surface area contributed by atoms with Crippen molar-refractivity contribution < 1.29 is 4.43 Å². The van der Waals surface area contributed by atoms with Crippen molar-refractivity contribution in [2.75, 3.05) is 0 Å². The maximum absolute atomic E-state index is 7.38. The van der Waals surface area contributed by atoms with Crippen LogP contribution in [0.2, 0.25) is 18.1 Å². The molecule has 0 aromatic rings. The van der Waals surface area contributed by atoms with Crippen LogP contribution in [0.15, 0.2) is 34.9 Å². The van der Waals surface area contributed by atoms with Crippen LogP contribution in [0, 0.1) is 17.3 Å². The lowest BCUT2D eigenvalue weighted by molar-refractivity contribution is 0.0570. The van der Waals surface area contributed by atoms with Gasteiger partial charge in [-0.2, -0.15) is 0 Å². The Bertz CT molecular complexity index is 643. The molecule has 0 aromatic carbocycles. The zero-order chi connectivity index (χ0) is 19.9. The van der Waals surface area contributed by atoms with E-state index in [-0.39, 0.29) is 5.60 Å². The molecule has 0 heterocycles. The summed E-state index contributed by atoms with van der Waals surface area (Å²) in [6.07, 6.45) is 13.7. The molecular formula is C25H42OSi. The fourth-order valence-electron chi connectivity index (χ4n) is 6.31. The number of hydrogen-bond acceptors (Lipinski definition) is 1. The number of rotatable bonds is 6. The van der Waals surface area contributed by atoms with Gasteiger partial charge in [0.25, 0.3) is 0 Å². The molecule has 0 fully saturated rings. The highest BCUT2D eigenvalue weighted by atomic mass is 28.4. The van der Waals surface area contributed by atoms with Gasteiger partial charge < -0.3 is 4.43 Å². The topological polar surface area (TPSA) is 9.23 Å². The molecule has 0 saturated carbocycles. The lowest BCUT2D eigenvalue weighted by Gasteiger charge is -2.46.